The van der Waals surface area contributed by atoms with E-state index in [-0.39, 0.29) is 5.92 Å². The average molecular weight is 211 g/mol. The van der Waals surface area contributed by atoms with Crippen molar-refractivity contribution in [3.05, 3.63) is 23.8 Å². The maximum atomic E-state index is 5.28. The number of rotatable bonds is 5. The standard InChI is InChI=1S/C11H17NO3/c1-8(7-15-12)10-5-4-9(13-2)6-11(10)14-3/h4-6,8H,7,12H2,1-3H3. The molecule has 2 N–H and O–H groups in total. The van der Waals surface area contributed by atoms with Gasteiger partial charge >= 0.3 is 0 Å². The van der Waals surface area contributed by atoms with Crippen molar-refractivity contribution in [1.82, 2.24) is 0 Å². The molecule has 1 aromatic carbocycles. The van der Waals surface area contributed by atoms with Crippen LogP contribution >= 0.6 is 0 Å². The van der Waals surface area contributed by atoms with Crippen molar-refractivity contribution in [2.24, 2.45) is 5.90 Å². The molecule has 0 fully saturated rings. The quantitative estimate of drug-likeness (QED) is 0.753. The van der Waals surface area contributed by atoms with E-state index in [9.17, 15) is 0 Å². The van der Waals surface area contributed by atoms with Crippen LogP contribution in [0.15, 0.2) is 18.2 Å². The van der Waals surface area contributed by atoms with Crippen LogP contribution in [0.1, 0.15) is 18.4 Å². The summed E-state index contributed by atoms with van der Waals surface area (Å²) in [6, 6.07) is 5.70. The minimum Gasteiger partial charge on any atom is -0.497 e. The summed E-state index contributed by atoms with van der Waals surface area (Å²) in [5.74, 6) is 6.80. The fourth-order valence-electron chi connectivity index (χ4n) is 1.46. The van der Waals surface area contributed by atoms with Crippen molar-refractivity contribution in [2.45, 2.75) is 12.8 Å². The molecule has 4 heteroatoms. The van der Waals surface area contributed by atoms with Gasteiger partial charge in [-0.15, -0.1) is 0 Å². The van der Waals surface area contributed by atoms with E-state index in [0.29, 0.717) is 6.61 Å². The van der Waals surface area contributed by atoms with E-state index >= 15 is 0 Å². The number of benzene rings is 1. The van der Waals surface area contributed by atoms with Gasteiger partial charge in [0.05, 0.1) is 20.8 Å². The Morgan fingerprint density at radius 1 is 1.27 bits per heavy atom. The molecule has 4 nitrogen and oxygen atoms in total. The lowest BCUT2D eigenvalue weighted by Gasteiger charge is -2.15. The van der Waals surface area contributed by atoms with E-state index < -0.39 is 0 Å². The van der Waals surface area contributed by atoms with E-state index in [1.54, 1.807) is 14.2 Å². The molecule has 1 unspecified atom stereocenters. The van der Waals surface area contributed by atoms with Gasteiger partial charge in [-0.3, -0.25) is 0 Å². The molecule has 0 aliphatic rings. The lowest BCUT2D eigenvalue weighted by atomic mass is 10.0. The van der Waals surface area contributed by atoms with Crippen molar-refractivity contribution in [3.8, 4) is 11.5 Å². The molecule has 0 heterocycles. The minimum absolute atomic E-state index is 0.191. The Labute approximate surface area is 89.9 Å². The Hall–Kier alpha value is -1.26. The first kappa shape index (κ1) is 11.8. The zero-order valence-corrected chi connectivity index (χ0v) is 9.32. The molecular weight excluding hydrogens is 194 g/mol. The summed E-state index contributed by atoms with van der Waals surface area (Å²) in [6.45, 7) is 2.49. The lowest BCUT2D eigenvalue weighted by Crippen LogP contribution is -2.09. The largest absolute Gasteiger partial charge is 0.497 e. The predicted octanol–water partition coefficient (Wildman–Crippen LogP) is 1.70. The highest BCUT2D eigenvalue weighted by molar-refractivity contribution is 5.42. The van der Waals surface area contributed by atoms with Crippen LogP contribution in [-0.4, -0.2) is 20.8 Å². The van der Waals surface area contributed by atoms with Gasteiger partial charge in [0.1, 0.15) is 11.5 Å². The molecule has 0 bridgehead atoms. The van der Waals surface area contributed by atoms with E-state index in [4.69, 9.17) is 15.4 Å². The van der Waals surface area contributed by atoms with Crippen LogP contribution in [0.3, 0.4) is 0 Å². The summed E-state index contributed by atoms with van der Waals surface area (Å²) >= 11 is 0. The topological polar surface area (TPSA) is 53.7 Å². The van der Waals surface area contributed by atoms with Crippen LogP contribution in [0.5, 0.6) is 11.5 Å². The van der Waals surface area contributed by atoms with E-state index in [1.165, 1.54) is 0 Å². The monoisotopic (exact) mass is 211 g/mol. The van der Waals surface area contributed by atoms with Gasteiger partial charge in [-0.05, 0) is 11.6 Å². The van der Waals surface area contributed by atoms with Crippen LogP contribution in [0.4, 0.5) is 0 Å². The van der Waals surface area contributed by atoms with Crippen molar-refractivity contribution in [2.75, 3.05) is 20.8 Å². The first-order valence-corrected chi connectivity index (χ1v) is 4.76. The molecule has 1 rings (SSSR count). The summed E-state index contributed by atoms with van der Waals surface area (Å²) in [5.41, 5.74) is 1.06. The summed E-state index contributed by atoms with van der Waals surface area (Å²) < 4.78 is 10.4. The first-order valence-electron chi connectivity index (χ1n) is 4.76. The molecule has 15 heavy (non-hydrogen) atoms. The number of ether oxygens (including phenoxy) is 2. The zero-order chi connectivity index (χ0) is 11.3. The molecule has 0 spiro atoms. The normalized spacial score (nSPS) is 12.3. The Kier molecular flexibility index (Phi) is 4.39. The van der Waals surface area contributed by atoms with Gasteiger partial charge in [0.15, 0.2) is 0 Å². The highest BCUT2D eigenvalue weighted by Crippen LogP contribution is 2.30. The third kappa shape index (κ3) is 2.84. The van der Waals surface area contributed by atoms with Crippen molar-refractivity contribution in [1.29, 1.82) is 0 Å². The Balaban J connectivity index is 2.96. The number of hydrogen-bond acceptors (Lipinski definition) is 4. The number of hydrogen-bond donors (Lipinski definition) is 1. The molecule has 1 atom stereocenters. The minimum atomic E-state index is 0.191. The molecule has 0 radical (unpaired) electrons. The SMILES string of the molecule is COc1ccc(C(C)CON)c(OC)c1. The Bertz CT molecular complexity index is 315. The predicted molar refractivity (Wildman–Crippen MR) is 58.1 cm³/mol. The van der Waals surface area contributed by atoms with Gasteiger partial charge in [0, 0.05) is 12.0 Å². The smallest absolute Gasteiger partial charge is 0.126 e. The summed E-state index contributed by atoms with van der Waals surface area (Å²) in [6.07, 6.45) is 0. The number of methoxy groups -OCH3 is 2. The van der Waals surface area contributed by atoms with Crippen LogP contribution < -0.4 is 15.4 Å². The highest BCUT2D eigenvalue weighted by atomic mass is 16.6. The van der Waals surface area contributed by atoms with Crippen LogP contribution in [-0.2, 0) is 4.84 Å². The maximum Gasteiger partial charge on any atom is 0.126 e. The van der Waals surface area contributed by atoms with Gasteiger partial charge in [0.25, 0.3) is 0 Å². The summed E-state index contributed by atoms with van der Waals surface area (Å²) in [4.78, 5) is 4.63. The van der Waals surface area contributed by atoms with Crippen LogP contribution in [0.25, 0.3) is 0 Å². The second-order valence-corrected chi connectivity index (χ2v) is 3.34. The first-order chi connectivity index (χ1) is 7.22. The third-order valence-electron chi connectivity index (χ3n) is 2.32. The van der Waals surface area contributed by atoms with Gasteiger partial charge < -0.3 is 14.3 Å². The molecule has 0 saturated heterocycles. The molecule has 0 aliphatic heterocycles. The van der Waals surface area contributed by atoms with Crippen LogP contribution in [0, 0.1) is 0 Å². The summed E-state index contributed by atoms with van der Waals surface area (Å²) in [7, 11) is 3.26. The average Bonchev–Trinajstić information content (AvgIpc) is 2.28. The van der Waals surface area contributed by atoms with Crippen molar-refractivity contribution in [3.63, 3.8) is 0 Å². The maximum absolute atomic E-state index is 5.28. The van der Waals surface area contributed by atoms with E-state index in [1.807, 2.05) is 25.1 Å². The van der Waals surface area contributed by atoms with Gasteiger partial charge in [-0.25, -0.2) is 5.90 Å². The molecule has 0 aliphatic carbocycles. The zero-order valence-electron chi connectivity index (χ0n) is 9.32. The lowest BCUT2D eigenvalue weighted by molar-refractivity contribution is 0.126. The van der Waals surface area contributed by atoms with Crippen LogP contribution in [0.2, 0.25) is 0 Å². The van der Waals surface area contributed by atoms with Gasteiger partial charge in [0.2, 0.25) is 0 Å². The van der Waals surface area contributed by atoms with E-state index in [2.05, 4.69) is 4.84 Å². The fraction of sp³-hybridized carbons (Fsp3) is 0.455. The molecule has 0 saturated carbocycles. The molecule has 0 aromatic heterocycles. The Morgan fingerprint density at radius 2 is 2.00 bits per heavy atom. The van der Waals surface area contributed by atoms with E-state index in [0.717, 1.165) is 17.1 Å². The molecule has 1 aromatic rings. The van der Waals surface area contributed by atoms with Gasteiger partial charge in [-0.2, -0.15) is 0 Å². The van der Waals surface area contributed by atoms with Crippen molar-refractivity contribution >= 4 is 0 Å². The second kappa shape index (κ2) is 5.58. The van der Waals surface area contributed by atoms with Gasteiger partial charge in [-0.1, -0.05) is 13.0 Å². The summed E-state index contributed by atoms with van der Waals surface area (Å²) in [5, 5.41) is 0. The second-order valence-electron chi connectivity index (χ2n) is 3.34. The molecular formula is C11H17NO3. The number of nitrogens with two attached hydrogens (primary N) is 1. The van der Waals surface area contributed by atoms with Crippen molar-refractivity contribution < 1.29 is 14.3 Å². The Morgan fingerprint density at radius 3 is 2.53 bits per heavy atom. The third-order valence-corrected chi connectivity index (χ3v) is 2.32. The highest BCUT2D eigenvalue weighted by Gasteiger charge is 2.12. The molecule has 84 valence electrons. The molecule has 0 amide bonds. The fourth-order valence-corrected chi connectivity index (χ4v) is 1.46.